The van der Waals surface area contributed by atoms with Crippen LogP contribution in [-0.4, -0.2) is 31.1 Å². The lowest BCUT2D eigenvalue weighted by atomic mass is 9.45. The van der Waals surface area contributed by atoms with Gasteiger partial charge in [-0.15, -0.1) is 0 Å². The van der Waals surface area contributed by atoms with E-state index in [1.54, 1.807) is 6.92 Å². The standard InChI is InChI=1S/C26H42O4/c1-17(27)29-23-10-9-21-20-8-7-18-16-19(30-24-6-4-5-15-28-24)11-13-25(18,2)22(20)12-14-26(21,23)3/h18-24H,4-16H2,1-3H3/t18-,19-,20+,21-,22+,23-,24+,25+,26+/m1/s1. The van der Waals surface area contributed by atoms with Gasteiger partial charge in [-0.3, -0.25) is 4.79 Å². The number of rotatable bonds is 3. The molecular weight excluding hydrogens is 376 g/mol. The minimum absolute atomic E-state index is 0.0523. The van der Waals surface area contributed by atoms with Gasteiger partial charge in [0.2, 0.25) is 0 Å². The van der Waals surface area contributed by atoms with Crippen LogP contribution in [0, 0.1) is 34.5 Å². The van der Waals surface area contributed by atoms with Crippen LogP contribution in [0.25, 0.3) is 0 Å². The van der Waals surface area contributed by atoms with E-state index in [-0.39, 0.29) is 23.8 Å². The molecule has 4 heteroatoms. The third-order valence-electron chi connectivity index (χ3n) is 10.3. The summed E-state index contributed by atoms with van der Waals surface area (Å²) >= 11 is 0. The van der Waals surface area contributed by atoms with Crippen LogP contribution in [0.4, 0.5) is 0 Å². The van der Waals surface area contributed by atoms with Crippen molar-refractivity contribution in [2.24, 2.45) is 34.5 Å². The van der Waals surface area contributed by atoms with Crippen LogP contribution < -0.4 is 0 Å². The van der Waals surface area contributed by atoms with Gasteiger partial charge < -0.3 is 14.2 Å². The number of hydrogen-bond donors (Lipinski definition) is 0. The Morgan fingerprint density at radius 3 is 2.47 bits per heavy atom. The molecular formula is C26H42O4. The fourth-order valence-electron chi connectivity index (χ4n) is 8.72. The van der Waals surface area contributed by atoms with Crippen molar-refractivity contribution in [3.05, 3.63) is 0 Å². The number of ether oxygens (including phenoxy) is 3. The molecule has 1 saturated heterocycles. The van der Waals surface area contributed by atoms with Crippen LogP contribution in [0.15, 0.2) is 0 Å². The monoisotopic (exact) mass is 418 g/mol. The molecule has 5 rings (SSSR count). The lowest BCUT2D eigenvalue weighted by Crippen LogP contribution is -2.55. The minimum atomic E-state index is -0.0973. The Balaban J connectivity index is 1.26. The quantitative estimate of drug-likeness (QED) is 0.424. The zero-order chi connectivity index (χ0) is 20.9. The summed E-state index contributed by atoms with van der Waals surface area (Å²) in [5, 5.41) is 0. The number of carbonyl (C=O) groups is 1. The van der Waals surface area contributed by atoms with Gasteiger partial charge in [0.1, 0.15) is 6.10 Å². The van der Waals surface area contributed by atoms with Crippen LogP contribution in [0.3, 0.4) is 0 Å². The van der Waals surface area contributed by atoms with Gasteiger partial charge in [0.25, 0.3) is 0 Å². The van der Waals surface area contributed by atoms with Crippen LogP contribution in [-0.2, 0) is 19.0 Å². The van der Waals surface area contributed by atoms with Crippen molar-refractivity contribution in [2.45, 2.75) is 116 Å². The van der Waals surface area contributed by atoms with Gasteiger partial charge in [-0.1, -0.05) is 13.8 Å². The molecule has 0 unspecified atom stereocenters. The second-order valence-corrected chi connectivity index (χ2v) is 11.7. The number of esters is 1. The Bertz CT molecular complexity index is 643. The summed E-state index contributed by atoms with van der Waals surface area (Å²) < 4.78 is 18.1. The van der Waals surface area contributed by atoms with E-state index in [0.717, 1.165) is 43.1 Å². The summed E-state index contributed by atoms with van der Waals surface area (Å²) in [5.74, 6) is 3.11. The van der Waals surface area contributed by atoms with Crippen molar-refractivity contribution in [1.82, 2.24) is 0 Å². The third-order valence-corrected chi connectivity index (χ3v) is 10.3. The maximum atomic E-state index is 11.7. The second-order valence-electron chi connectivity index (χ2n) is 11.7. The van der Waals surface area contributed by atoms with Crippen LogP contribution in [0.5, 0.6) is 0 Å². The molecule has 30 heavy (non-hydrogen) atoms. The van der Waals surface area contributed by atoms with E-state index in [9.17, 15) is 4.79 Å². The maximum absolute atomic E-state index is 11.7. The van der Waals surface area contributed by atoms with Gasteiger partial charge in [-0.05, 0) is 106 Å². The molecule has 5 aliphatic rings. The molecule has 0 aromatic heterocycles. The lowest BCUT2D eigenvalue weighted by molar-refractivity contribution is -0.212. The highest BCUT2D eigenvalue weighted by Crippen LogP contribution is 2.66. The van der Waals surface area contributed by atoms with Crippen molar-refractivity contribution in [3.8, 4) is 0 Å². The molecule has 170 valence electrons. The fraction of sp³-hybridized carbons (Fsp3) is 0.962. The normalized spacial score (nSPS) is 50.8. The smallest absolute Gasteiger partial charge is 0.302 e. The number of fused-ring (bicyclic) bond motifs is 5. The molecule has 0 radical (unpaired) electrons. The van der Waals surface area contributed by atoms with Gasteiger partial charge >= 0.3 is 5.97 Å². The average Bonchev–Trinajstić information content (AvgIpc) is 3.05. The SMILES string of the molecule is CC(=O)O[C@@H]1CC[C@@H]2[C@@H]3CC[C@@H]4C[C@H](O[C@H]5CCCCO5)CC[C@]4(C)[C@H]3CC[C@@]21C. The molecule has 1 heterocycles. The topological polar surface area (TPSA) is 44.8 Å². The number of carbonyl (C=O) groups excluding carboxylic acids is 1. The van der Waals surface area contributed by atoms with Gasteiger partial charge in [-0.2, -0.15) is 0 Å². The average molecular weight is 419 g/mol. The molecule has 0 aromatic rings. The van der Waals surface area contributed by atoms with Crippen LogP contribution in [0.2, 0.25) is 0 Å². The van der Waals surface area contributed by atoms with Crippen molar-refractivity contribution in [2.75, 3.05) is 6.61 Å². The number of hydrogen-bond acceptors (Lipinski definition) is 4. The summed E-state index contributed by atoms with van der Waals surface area (Å²) in [4.78, 5) is 11.7. The van der Waals surface area contributed by atoms with Gasteiger partial charge in [0.15, 0.2) is 6.29 Å². The third kappa shape index (κ3) is 3.54. The summed E-state index contributed by atoms with van der Waals surface area (Å²) in [7, 11) is 0. The lowest BCUT2D eigenvalue weighted by Gasteiger charge is -2.61. The molecule has 4 nitrogen and oxygen atoms in total. The van der Waals surface area contributed by atoms with E-state index >= 15 is 0 Å². The summed E-state index contributed by atoms with van der Waals surface area (Å²) in [6.07, 6.45) is 15.4. The molecule has 0 N–H and O–H groups in total. The van der Waals surface area contributed by atoms with E-state index in [0.29, 0.717) is 11.5 Å². The predicted molar refractivity (Wildman–Crippen MR) is 116 cm³/mol. The Hall–Kier alpha value is -0.610. The highest BCUT2D eigenvalue weighted by Gasteiger charge is 2.61. The molecule has 0 aromatic carbocycles. The van der Waals surface area contributed by atoms with Crippen molar-refractivity contribution < 1.29 is 19.0 Å². The Morgan fingerprint density at radius 1 is 0.900 bits per heavy atom. The van der Waals surface area contributed by atoms with E-state index in [1.807, 2.05) is 0 Å². The van der Waals surface area contributed by atoms with E-state index in [4.69, 9.17) is 14.2 Å². The van der Waals surface area contributed by atoms with Crippen LogP contribution in [0.1, 0.15) is 97.8 Å². The first kappa shape index (κ1) is 21.2. The first-order chi connectivity index (χ1) is 14.4. The molecule has 1 aliphatic heterocycles. The van der Waals surface area contributed by atoms with Crippen LogP contribution >= 0.6 is 0 Å². The molecule has 0 spiro atoms. The second kappa shape index (κ2) is 8.06. The predicted octanol–water partition coefficient (Wildman–Crippen LogP) is 5.87. The first-order valence-corrected chi connectivity index (χ1v) is 12.8. The molecule has 0 bridgehead atoms. The van der Waals surface area contributed by atoms with E-state index in [1.165, 1.54) is 64.2 Å². The van der Waals surface area contributed by atoms with Gasteiger partial charge in [0.05, 0.1) is 6.10 Å². The van der Waals surface area contributed by atoms with E-state index in [2.05, 4.69) is 13.8 Å². The minimum Gasteiger partial charge on any atom is -0.462 e. The molecule has 0 amide bonds. The molecule has 9 atom stereocenters. The Labute approximate surface area is 182 Å². The highest BCUT2D eigenvalue weighted by molar-refractivity contribution is 5.66. The molecule has 5 fully saturated rings. The van der Waals surface area contributed by atoms with Gasteiger partial charge in [0, 0.05) is 18.9 Å². The Kier molecular flexibility index (Phi) is 5.71. The fourth-order valence-corrected chi connectivity index (χ4v) is 8.72. The summed E-state index contributed by atoms with van der Waals surface area (Å²) in [6.45, 7) is 7.49. The van der Waals surface area contributed by atoms with Crippen molar-refractivity contribution in [3.63, 3.8) is 0 Å². The highest BCUT2D eigenvalue weighted by atomic mass is 16.7. The largest absolute Gasteiger partial charge is 0.462 e. The van der Waals surface area contributed by atoms with Crippen molar-refractivity contribution >= 4 is 5.97 Å². The zero-order valence-electron chi connectivity index (χ0n) is 19.4. The summed E-state index contributed by atoms with van der Waals surface area (Å²) in [6, 6.07) is 0. The molecule has 4 aliphatic carbocycles. The summed E-state index contributed by atoms with van der Waals surface area (Å²) in [5.41, 5.74) is 0.672. The van der Waals surface area contributed by atoms with Gasteiger partial charge in [-0.25, -0.2) is 0 Å². The first-order valence-electron chi connectivity index (χ1n) is 12.8. The van der Waals surface area contributed by atoms with Crippen molar-refractivity contribution in [1.29, 1.82) is 0 Å². The molecule has 4 saturated carbocycles. The Morgan fingerprint density at radius 2 is 1.70 bits per heavy atom. The zero-order valence-corrected chi connectivity index (χ0v) is 19.4. The van der Waals surface area contributed by atoms with E-state index < -0.39 is 0 Å². The maximum Gasteiger partial charge on any atom is 0.302 e.